The van der Waals surface area contributed by atoms with Gasteiger partial charge in [-0.2, -0.15) is 26.3 Å². The number of phenols is 1. The smallest absolute Gasteiger partial charge is 0.416 e. The van der Waals surface area contributed by atoms with Gasteiger partial charge in [0, 0.05) is 28.2 Å². The predicted octanol–water partition coefficient (Wildman–Crippen LogP) is 6.07. The summed E-state index contributed by atoms with van der Waals surface area (Å²) in [4.78, 5) is 54.8. The first-order valence-electron chi connectivity index (χ1n) is 13.8. The summed E-state index contributed by atoms with van der Waals surface area (Å²) in [5.74, 6) is -7.58. The summed E-state index contributed by atoms with van der Waals surface area (Å²) in [7, 11) is 1.33. The van der Waals surface area contributed by atoms with Gasteiger partial charge >= 0.3 is 12.4 Å². The molecule has 4 atom stereocenters. The SMILES string of the molecule is COc1cccc(O)c1C1C2=CCC3C(=O)N(c4cc(C(F)(F)F)cc(C(F)(F)F)c4)C(=O)C3C2CC2=C1C(=O)C(C)=CC2=O. The molecule has 0 radical (unpaired) electrons. The van der Waals surface area contributed by atoms with Crippen LogP contribution in [0.15, 0.2) is 70.8 Å². The van der Waals surface area contributed by atoms with E-state index in [0.717, 1.165) is 6.08 Å². The van der Waals surface area contributed by atoms with E-state index in [0.29, 0.717) is 22.6 Å². The summed E-state index contributed by atoms with van der Waals surface area (Å²) in [6, 6.07) is 4.93. The van der Waals surface area contributed by atoms with Gasteiger partial charge in [0.25, 0.3) is 0 Å². The number of Topliss-reactive ketones (excluding diaryl/α,β-unsaturated/α-hetero) is 1. The Morgan fingerprint density at radius 3 is 2.16 bits per heavy atom. The average Bonchev–Trinajstić information content (AvgIpc) is 3.23. The number of ether oxygens (including phenoxy) is 1. The molecule has 0 aromatic heterocycles. The molecule has 4 aliphatic rings. The van der Waals surface area contributed by atoms with Gasteiger partial charge in [-0.1, -0.05) is 17.7 Å². The summed E-state index contributed by atoms with van der Waals surface area (Å²) in [6.07, 6.45) is -8.00. The second-order valence-electron chi connectivity index (χ2n) is 11.4. The van der Waals surface area contributed by atoms with Crippen molar-refractivity contribution in [3.63, 3.8) is 0 Å². The summed E-state index contributed by atoms with van der Waals surface area (Å²) in [5, 5.41) is 11.0. The number of aromatic hydroxyl groups is 1. The van der Waals surface area contributed by atoms with E-state index in [4.69, 9.17) is 4.74 Å². The highest BCUT2D eigenvalue weighted by Crippen LogP contribution is 2.58. The number of hydrogen-bond donors (Lipinski definition) is 1. The molecule has 1 heterocycles. The molecule has 2 amide bonds. The van der Waals surface area contributed by atoms with E-state index >= 15 is 0 Å². The molecule has 0 saturated carbocycles. The lowest BCUT2D eigenvalue weighted by Crippen LogP contribution is -2.40. The van der Waals surface area contributed by atoms with Crippen LogP contribution in [0.5, 0.6) is 11.5 Å². The molecule has 1 N–H and O–H groups in total. The minimum atomic E-state index is -5.21. The van der Waals surface area contributed by atoms with Gasteiger partial charge < -0.3 is 9.84 Å². The highest BCUT2D eigenvalue weighted by atomic mass is 19.4. The Morgan fingerprint density at radius 2 is 1.56 bits per heavy atom. The van der Waals surface area contributed by atoms with Gasteiger partial charge in [0.05, 0.1) is 35.8 Å². The number of benzene rings is 2. The fraction of sp³-hybridized carbons (Fsp3) is 0.312. The Hall–Kier alpha value is -4.68. The lowest BCUT2D eigenvalue weighted by molar-refractivity contribution is -0.143. The third-order valence-electron chi connectivity index (χ3n) is 8.95. The number of ketones is 2. The van der Waals surface area contributed by atoms with Crippen molar-refractivity contribution in [1.29, 1.82) is 0 Å². The summed E-state index contributed by atoms with van der Waals surface area (Å²) in [6.45, 7) is 1.46. The fourth-order valence-electron chi connectivity index (χ4n) is 7.02. The number of amides is 2. The zero-order valence-corrected chi connectivity index (χ0v) is 23.5. The number of methoxy groups -OCH3 is 1. The normalized spacial score (nSPS) is 25.1. The standard InChI is InChI=1S/C32H23F6NO6/c1-13-8-22(41)20-12-19-17(25(26(20)28(13)42)27-21(40)4-3-5-23(27)45-2)6-7-18-24(19)30(44)39(29(18)43)16-10-14(31(33,34)35)9-15(11-16)32(36,37)38/h3-6,8-11,18-19,24-25,40H,7,12H2,1-2H3. The molecular weight excluding hydrogens is 608 g/mol. The Kier molecular flexibility index (Phi) is 6.86. The van der Waals surface area contributed by atoms with Crippen LogP contribution in [-0.4, -0.2) is 35.6 Å². The average molecular weight is 632 g/mol. The molecule has 45 heavy (non-hydrogen) atoms. The second kappa shape index (κ2) is 10.2. The number of fused-ring (bicyclic) bond motifs is 3. The molecular formula is C32H23F6NO6. The van der Waals surface area contributed by atoms with Crippen LogP contribution >= 0.6 is 0 Å². The molecule has 4 unspecified atom stereocenters. The van der Waals surface area contributed by atoms with Crippen molar-refractivity contribution in [1.82, 2.24) is 0 Å². The molecule has 234 valence electrons. The first-order valence-corrected chi connectivity index (χ1v) is 13.8. The lowest BCUT2D eigenvalue weighted by atomic mass is 9.59. The minimum Gasteiger partial charge on any atom is -0.507 e. The van der Waals surface area contributed by atoms with Crippen LogP contribution in [0, 0.1) is 17.8 Å². The van der Waals surface area contributed by atoms with Crippen molar-refractivity contribution in [2.45, 2.75) is 38.0 Å². The van der Waals surface area contributed by atoms with Crippen LogP contribution in [0.4, 0.5) is 32.0 Å². The Balaban J connectivity index is 1.50. The molecule has 1 saturated heterocycles. The van der Waals surface area contributed by atoms with E-state index < -0.39 is 76.2 Å². The Morgan fingerprint density at radius 1 is 0.911 bits per heavy atom. The van der Waals surface area contributed by atoms with Crippen molar-refractivity contribution in [3.8, 4) is 11.5 Å². The van der Waals surface area contributed by atoms with E-state index in [-0.39, 0.29) is 52.7 Å². The third-order valence-corrected chi connectivity index (χ3v) is 8.95. The number of rotatable bonds is 3. The van der Waals surface area contributed by atoms with Crippen LogP contribution in [-0.2, 0) is 31.5 Å². The van der Waals surface area contributed by atoms with Crippen molar-refractivity contribution in [3.05, 3.63) is 87.5 Å². The van der Waals surface area contributed by atoms with Gasteiger partial charge in [-0.15, -0.1) is 0 Å². The van der Waals surface area contributed by atoms with Gasteiger partial charge in [0.15, 0.2) is 11.6 Å². The second-order valence-corrected chi connectivity index (χ2v) is 11.4. The number of nitrogens with zero attached hydrogens (tertiary/aromatic N) is 1. The first kappa shape index (κ1) is 30.4. The van der Waals surface area contributed by atoms with E-state index in [9.17, 15) is 50.6 Å². The minimum absolute atomic E-state index is 0.0424. The number of carbonyl (C=O) groups is 4. The van der Waals surface area contributed by atoms with Crippen LogP contribution in [0.2, 0.25) is 0 Å². The number of phenolic OH excluding ortho intramolecular Hbond substituents is 1. The number of carbonyl (C=O) groups excluding carboxylic acids is 4. The Labute approximate surface area is 251 Å². The number of imide groups is 1. The molecule has 13 heteroatoms. The quantitative estimate of drug-likeness (QED) is 0.191. The highest BCUT2D eigenvalue weighted by molar-refractivity contribution is 6.25. The van der Waals surface area contributed by atoms with Gasteiger partial charge in [-0.3, -0.25) is 19.2 Å². The van der Waals surface area contributed by atoms with E-state index in [1.165, 1.54) is 32.2 Å². The summed E-state index contributed by atoms with van der Waals surface area (Å²) < 4.78 is 87.2. The summed E-state index contributed by atoms with van der Waals surface area (Å²) in [5.41, 5.74) is -3.44. The van der Waals surface area contributed by atoms with Crippen LogP contribution in [0.3, 0.4) is 0 Å². The molecule has 3 aliphatic carbocycles. The van der Waals surface area contributed by atoms with Gasteiger partial charge in [0.1, 0.15) is 11.5 Å². The van der Waals surface area contributed by atoms with Gasteiger partial charge in [-0.25, -0.2) is 4.90 Å². The maximum absolute atomic E-state index is 14.0. The molecule has 2 aromatic rings. The maximum atomic E-state index is 14.0. The summed E-state index contributed by atoms with van der Waals surface area (Å²) >= 11 is 0. The number of allylic oxidation sites excluding steroid dienone is 6. The van der Waals surface area contributed by atoms with E-state index in [1.54, 1.807) is 6.08 Å². The van der Waals surface area contributed by atoms with Crippen molar-refractivity contribution < 1.29 is 55.4 Å². The molecule has 6 rings (SSSR count). The van der Waals surface area contributed by atoms with Crippen LogP contribution in [0.25, 0.3) is 0 Å². The van der Waals surface area contributed by atoms with Crippen molar-refractivity contribution >= 4 is 29.1 Å². The van der Waals surface area contributed by atoms with Crippen molar-refractivity contribution in [2.75, 3.05) is 12.0 Å². The topological polar surface area (TPSA) is 101 Å². The predicted molar refractivity (Wildman–Crippen MR) is 145 cm³/mol. The molecule has 0 spiro atoms. The first-order chi connectivity index (χ1) is 21.0. The zero-order chi connectivity index (χ0) is 32.7. The van der Waals surface area contributed by atoms with E-state index in [2.05, 4.69) is 0 Å². The number of halogens is 6. The van der Waals surface area contributed by atoms with Crippen molar-refractivity contribution in [2.24, 2.45) is 17.8 Å². The van der Waals surface area contributed by atoms with Gasteiger partial charge in [-0.05, 0) is 62.1 Å². The largest absolute Gasteiger partial charge is 0.507 e. The number of anilines is 1. The highest BCUT2D eigenvalue weighted by Gasteiger charge is 2.57. The van der Waals surface area contributed by atoms with Crippen LogP contribution < -0.4 is 9.64 Å². The molecule has 1 aliphatic heterocycles. The fourth-order valence-corrected chi connectivity index (χ4v) is 7.02. The molecule has 0 bridgehead atoms. The van der Waals surface area contributed by atoms with Gasteiger partial charge in [0.2, 0.25) is 11.8 Å². The Bertz CT molecular complexity index is 1770. The third kappa shape index (κ3) is 4.67. The maximum Gasteiger partial charge on any atom is 0.416 e. The molecule has 7 nitrogen and oxygen atoms in total. The number of alkyl halides is 6. The zero-order valence-electron chi connectivity index (χ0n) is 23.5. The lowest BCUT2D eigenvalue weighted by Gasteiger charge is -2.42. The molecule has 1 fully saturated rings. The number of hydrogen-bond acceptors (Lipinski definition) is 6. The van der Waals surface area contributed by atoms with Crippen LogP contribution in [0.1, 0.15) is 42.4 Å². The molecule has 2 aromatic carbocycles. The monoisotopic (exact) mass is 631 g/mol. The van der Waals surface area contributed by atoms with E-state index in [1.807, 2.05) is 0 Å².